The number of carbonyl (C=O) groups is 1. The molecule has 1 heterocycles. The minimum atomic E-state index is -0.295. The summed E-state index contributed by atoms with van der Waals surface area (Å²) in [5.41, 5.74) is 7.52. The Bertz CT molecular complexity index is 679. The summed E-state index contributed by atoms with van der Waals surface area (Å²) >= 11 is 6.16. The van der Waals surface area contributed by atoms with Crippen LogP contribution < -0.4 is 5.73 Å². The third-order valence-electron chi connectivity index (χ3n) is 3.11. The fourth-order valence-corrected chi connectivity index (χ4v) is 2.27. The van der Waals surface area contributed by atoms with Gasteiger partial charge in [-0.05, 0) is 25.0 Å². The van der Waals surface area contributed by atoms with E-state index in [1.54, 1.807) is 13.0 Å². The van der Waals surface area contributed by atoms with Gasteiger partial charge in [0.25, 0.3) is 0 Å². The van der Waals surface area contributed by atoms with Gasteiger partial charge in [0.15, 0.2) is 5.82 Å². The topological polar surface area (TPSA) is 78.1 Å². The highest BCUT2D eigenvalue weighted by Gasteiger charge is 2.12. The SMILES string of the molecule is CCOC(=O)CCc1c(N)nc(/C=C/c2ccccc2)nc1Cl. The van der Waals surface area contributed by atoms with Crippen LogP contribution in [-0.2, 0) is 16.0 Å². The van der Waals surface area contributed by atoms with E-state index < -0.39 is 0 Å². The Labute approximate surface area is 140 Å². The third kappa shape index (κ3) is 5.07. The van der Waals surface area contributed by atoms with E-state index in [0.717, 1.165) is 5.56 Å². The van der Waals surface area contributed by atoms with Crippen LogP contribution in [0.1, 0.15) is 30.3 Å². The second-order valence-corrected chi connectivity index (χ2v) is 5.14. The first-order valence-electron chi connectivity index (χ1n) is 7.30. The number of nitrogens with zero attached hydrogens (tertiary/aromatic N) is 2. The van der Waals surface area contributed by atoms with Crippen molar-refractivity contribution in [1.82, 2.24) is 9.97 Å². The van der Waals surface area contributed by atoms with E-state index in [1.165, 1.54) is 0 Å². The van der Waals surface area contributed by atoms with Crippen LogP contribution in [0, 0.1) is 0 Å². The van der Waals surface area contributed by atoms with Crippen LogP contribution in [0.25, 0.3) is 12.2 Å². The van der Waals surface area contributed by atoms with Crippen LogP contribution in [0.3, 0.4) is 0 Å². The van der Waals surface area contributed by atoms with Crippen LogP contribution in [0.2, 0.25) is 5.15 Å². The Hall–Kier alpha value is -2.40. The molecule has 1 aromatic heterocycles. The lowest BCUT2D eigenvalue weighted by atomic mass is 10.1. The Morgan fingerprint density at radius 3 is 2.65 bits per heavy atom. The highest BCUT2D eigenvalue weighted by Crippen LogP contribution is 2.21. The molecule has 5 nitrogen and oxygen atoms in total. The van der Waals surface area contributed by atoms with Gasteiger partial charge < -0.3 is 10.5 Å². The zero-order chi connectivity index (χ0) is 16.7. The molecule has 1 aromatic carbocycles. The molecule has 0 aliphatic rings. The average Bonchev–Trinajstić information content (AvgIpc) is 2.53. The van der Waals surface area contributed by atoms with Crippen molar-refractivity contribution in [2.24, 2.45) is 0 Å². The van der Waals surface area contributed by atoms with E-state index in [2.05, 4.69) is 9.97 Å². The van der Waals surface area contributed by atoms with Crippen molar-refractivity contribution in [3.63, 3.8) is 0 Å². The lowest BCUT2D eigenvalue weighted by molar-refractivity contribution is -0.143. The molecule has 0 aliphatic heterocycles. The number of hydrogen-bond donors (Lipinski definition) is 1. The molecule has 23 heavy (non-hydrogen) atoms. The van der Waals surface area contributed by atoms with Gasteiger partial charge in [0.1, 0.15) is 11.0 Å². The largest absolute Gasteiger partial charge is 0.466 e. The number of nitrogen functional groups attached to an aromatic ring is 1. The number of benzene rings is 1. The summed E-state index contributed by atoms with van der Waals surface area (Å²) in [6.07, 6.45) is 4.17. The van der Waals surface area contributed by atoms with E-state index >= 15 is 0 Å². The molecule has 0 aliphatic carbocycles. The quantitative estimate of drug-likeness (QED) is 0.648. The number of ether oxygens (including phenoxy) is 1. The minimum absolute atomic E-state index is 0.195. The van der Waals surface area contributed by atoms with E-state index in [9.17, 15) is 4.79 Å². The Morgan fingerprint density at radius 1 is 1.26 bits per heavy atom. The van der Waals surface area contributed by atoms with Crippen LogP contribution >= 0.6 is 11.6 Å². The highest BCUT2D eigenvalue weighted by molar-refractivity contribution is 6.30. The molecule has 0 fully saturated rings. The molecular formula is C17H18ClN3O2. The van der Waals surface area contributed by atoms with Crippen molar-refractivity contribution in [3.8, 4) is 0 Å². The molecule has 0 radical (unpaired) electrons. The number of aromatic nitrogens is 2. The molecule has 0 bridgehead atoms. The monoisotopic (exact) mass is 331 g/mol. The zero-order valence-corrected chi connectivity index (χ0v) is 13.6. The van der Waals surface area contributed by atoms with E-state index in [4.69, 9.17) is 22.1 Å². The fraction of sp³-hybridized carbons (Fsp3) is 0.235. The molecule has 2 aromatic rings. The number of halogens is 1. The van der Waals surface area contributed by atoms with E-state index in [0.29, 0.717) is 24.4 Å². The van der Waals surface area contributed by atoms with Crippen LogP contribution in [0.5, 0.6) is 0 Å². The molecule has 0 saturated carbocycles. The predicted molar refractivity (Wildman–Crippen MR) is 91.8 cm³/mol. The Morgan fingerprint density at radius 2 is 2.00 bits per heavy atom. The number of nitrogens with two attached hydrogens (primary N) is 1. The van der Waals surface area contributed by atoms with Gasteiger partial charge in [0, 0.05) is 12.0 Å². The maximum absolute atomic E-state index is 11.4. The van der Waals surface area contributed by atoms with E-state index in [1.807, 2.05) is 36.4 Å². The fourth-order valence-electron chi connectivity index (χ4n) is 1.99. The minimum Gasteiger partial charge on any atom is -0.466 e. The van der Waals surface area contributed by atoms with Crippen molar-refractivity contribution in [1.29, 1.82) is 0 Å². The molecule has 2 rings (SSSR count). The number of anilines is 1. The smallest absolute Gasteiger partial charge is 0.306 e. The molecule has 6 heteroatoms. The summed E-state index contributed by atoms with van der Waals surface area (Å²) in [5, 5.41) is 0.259. The number of carbonyl (C=O) groups excluding carboxylic acids is 1. The van der Waals surface area contributed by atoms with Gasteiger partial charge in [-0.25, -0.2) is 9.97 Å². The summed E-state index contributed by atoms with van der Waals surface area (Å²) in [5.74, 6) is 0.411. The maximum atomic E-state index is 11.4. The van der Waals surface area contributed by atoms with Crippen LogP contribution in [0.4, 0.5) is 5.82 Å². The third-order valence-corrected chi connectivity index (χ3v) is 3.43. The number of esters is 1. The highest BCUT2D eigenvalue weighted by atomic mass is 35.5. The molecule has 0 saturated heterocycles. The molecule has 0 spiro atoms. The van der Waals surface area contributed by atoms with Gasteiger partial charge in [-0.15, -0.1) is 0 Å². The first-order chi connectivity index (χ1) is 11.1. The van der Waals surface area contributed by atoms with Crippen molar-refractivity contribution >= 4 is 35.5 Å². The molecular weight excluding hydrogens is 314 g/mol. The summed E-state index contributed by atoms with van der Waals surface area (Å²) in [6, 6.07) is 9.77. The van der Waals surface area contributed by atoms with Gasteiger partial charge in [0.05, 0.1) is 6.61 Å². The van der Waals surface area contributed by atoms with Crippen molar-refractivity contribution in [3.05, 3.63) is 52.4 Å². The zero-order valence-electron chi connectivity index (χ0n) is 12.8. The second kappa shape index (κ2) is 8.29. The van der Waals surface area contributed by atoms with Gasteiger partial charge in [0.2, 0.25) is 0 Å². The van der Waals surface area contributed by atoms with E-state index in [-0.39, 0.29) is 23.4 Å². The van der Waals surface area contributed by atoms with Crippen molar-refractivity contribution in [2.75, 3.05) is 12.3 Å². The normalized spacial score (nSPS) is 10.9. The standard InChI is InChI=1S/C17H18ClN3O2/c1-2-23-15(22)11-9-13-16(18)20-14(21-17(13)19)10-8-12-6-4-3-5-7-12/h3-8,10H,2,9,11H2,1H3,(H2,19,20,21)/b10-8+. The summed E-state index contributed by atoms with van der Waals surface area (Å²) in [4.78, 5) is 19.8. The lowest BCUT2D eigenvalue weighted by Crippen LogP contribution is -2.08. The molecule has 0 atom stereocenters. The summed E-state index contributed by atoms with van der Waals surface area (Å²) in [7, 11) is 0. The first-order valence-corrected chi connectivity index (χ1v) is 7.68. The van der Waals surface area contributed by atoms with Crippen molar-refractivity contribution < 1.29 is 9.53 Å². The first kappa shape index (κ1) is 17.0. The molecule has 120 valence electrons. The van der Waals surface area contributed by atoms with Gasteiger partial charge in [-0.1, -0.05) is 48.0 Å². The summed E-state index contributed by atoms with van der Waals surface area (Å²) in [6.45, 7) is 2.11. The Balaban J connectivity index is 2.10. The Kier molecular flexibility index (Phi) is 6.11. The van der Waals surface area contributed by atoms with Crippen molar-refractivity contribution in [2.45, 2.75) is 19.8 Å². The lowest BCUT2D eigenvalue weighted by Gasteiger charge is -2.07. The van der Waals surface area contributed by atoms with Gasteiger partial charge >= 0.3 is 5.97 Å². The van der Waals surface area contributed by atoms with Crippen LogP contribution in [0.15, 0.2) is 30.3 Å². The molecule has 2 N–H and O–H groups in total. The predicted octanol–water partition coefficient (Wildman–Crippen LogP) is 3.38. The number of rotatable bonds is 6. The maximum Gasteiger partial charge on any atom is 0.306 e. The number of hydrogen-bond acceptors (Lipinski definition) is 5. The second-order valence-electron chi connectivity index (χ2n) is 4.79. The van der Waals surface area contributed by atoms with Crippen LogP contribution in [-0.4, -0.2) is 22.5 Å². The molecule has 0 unspecified atom stereocenters. The average molecular weight is 332 g/mol. The van der Waals surface area contributed by atoms with Gasteiger partial charge in [-0.3, -0.25) is 4.79 Å². The van der Waals surface area contributed by atoms with Gasteiger partial charge in [-0.2, -0.15) is 0 Å². The summed E-state index contributed by atoms with van der Waals surface area (Å²) < 4.78 is 4.88. The molecule has 0 amide bonds.